The van der Waals surface area contributed by atoms with Crippen molar-refractivity contribution in [3.63, 3.8) is 0 Å². The Morgan fingerprint density at radius 2 is 1.69 bits per heavy atom. The molecule has 1 heterocycles. The van der Waals surface area contributed by atoms with Crippen molar-refractivity contribution in [3.05, 3.63) is 12.7 Å². The van der Waals surface area contributed by atoms with Gasteiger partial charge in [-0.15, -0.1) is 6.58 Å². The summed E-state index contributed by atoms with van der Waals surface area (Å²) < 4.78 is 5.35. The Kier molecular flexibility index (Phi) is 11.5. The van der Waals surface area contributed by atoms with Gasteiger partial charge < -0.3 is 15.0 Å². The van der Waals surface area contributed by atoms with Gasteiger partial charge in [0, 0.05) is 25.3 Å². The minimum Gasteiger partial charge on any atom is -0.444 e. The maximum absolute atomic E-state index is 13.6. The normalized spacial score (nSPS) is 17.9. The number of alkyl carbamates (subject to hydrolysis) is 1. The zero-order chi connectivity index (χ0) is 27.8. The lowest BCUT2D eigenvalue weighted by atomic mass is 9.84. The summed E-state index contributed by atoms with van der Waals surface area (Å²) in [5.74, 6) is -2.15. The summed E-state index contributed by atoms with van der Waals surface area (Å²) in [5, 5.41) is 2.70. The smallest absolute Gasteiger partial charge is 0.408 e. The van der Waals surface area contributed by atoms with E-state index in [0.717, 1.165) is 0 Å². The highest BCUT2D eigenvalue weighted by atomic mass is 16.6. The molecule has 0 aromatic rings. The van der Waals surface area contributed by atoms with E-state index in [1.807, 2.05) is 34.6 Å². The molecule has 0 aromatic heterocycles. The molecule has 1 fully saturated rings. The second-order valence-electron chi connectivity index (χ2n) is 12.2. The number of amides is 2. The number of Topliss-reactive ketones (excluding diaryl/α,β-unsaturated/α-hetero) is 3. The SMILES string of the molecule is C=CCCC(=O)C(=O)C(CC(=O)[C@@H]1CCCN1C(=O)[C@@H](NC(=O)OC(C)(C)C)C(C)(C)C)CC(C)C. The first-order valence-corrected chi connectivity index (χ1v) is 13.0. The topological polar surface area (TPSA) is 110 Å². The van der Waals surface area contributed by atoms with Crippen molar-refractivity contribution in [2.24, 2.45) is 17.3 Å². The predicted molar refractivity (Wildman–Crippen MR) is 139 cm³/mol. The van der Waals surface area contributed by atoms with Crippen LogP contribution in [0.4, 0.5) is 4.79 Å². The van der Waals surface area contributed by atoms with E-state index < -0.39 is 46.7 Å². The Bertz CT molecular complexity index is 834. The summed E-state index contributed by atoms with van der Waals surface area (Å²) in [6.45, 7) is 18.6. The van der Waals surface area contributed by atoms with Crippen LogP contribution in [-0.4, -0.2) is 58.5 Å². The molecule has 204 valence electrons. The standard InChI is InChI=1S/C28H46N2O6/c1-10-11-14-21(31)23(33)19(16-18(2)3)17-22(32)20-13-12-15-30(20)25(34)24(27(4,5)6)29-26(35)36-28(7,8)9/h10,18-20,24H,1,11-17H2,2-9H3,(H,29,35)/t19?,20-,24+/m0/s1. The molecule has 1 saturated heterocycles. The Morgan fingerprint density at radius 3 is 2.19 bits per heavy atom. The molecule has 1 rings (SSSR count). The summed E-state index contributed by atoms with van der Waals surface area (Å²) in [7, 11) is 0. The number of nitrogens with one attached hydrogen (secondary N) is 1. The van der Waals surface area contributed by atoms with Crippen LogP contribution in [0.1, 0.15) is 93.9 Å². The maximum Gasteiger partial charge on any atom is 0.408 e. The molecule has 0 spiro atoms. The van der Waals surface area contributed by atoms with Gasteiger partial charge in [-0.1, -0.05) is 40.7 Å². The number of rotatable bonds is 12. The molecule has 1 unspecified atom stereocenters. The van der Waals surface area contributed by atoms with Crippen molar-refractivity contribution in [2.45, 2.75) is 112 Å². The van der Waals surface area contributed by atoms with Crippen molar-refractivity contribution in [1.29, 1.82) is 0 Å². The van der Waals surface area contributed by atoms with Crippen LogP contribution in [0, 0.1) is 17.3 Å². The molecule has 8 nitrogen and oxygen atoms in total. The van der Waals surface area contributed by atoms with Gasteiger partial charge in [-0.25, -0.2) is 4.79 Å². The third kappa shape index (κ3) is 9.86. The predicted octanol–water partition coefficient (Wildman–Crippen LogP) is 4.64. The first kappa shape index (κ1) is 31.5. The van der Waals surface area contributed by atoms with E-state index in [1.54, 1.807) is 26.8 Å². The van der Waals surface area contributed by atoms with Gasteiger partial charge in [0.2, 0.25) is 11.7 Å². The maximum atomic E-state index is 13.6. The quantitative estimate of drug-likeness (QED) is 0.305. The second kappa shape index (κ2) is 13.2. The summed E-state index contributed by atoms with van der Waals surface area (Å²) in [6.07, 6.45) is 2.87. The number of likely N-dealkylation sites (tertiary alicyclic amines) is 1. The van der Waals surface area contributed by atoms with E-state index in [4.69, 9.17) is 4.74 Å². The van der Waals surface area contributed by atoms with Gasteiger partial charge in [0.05, 0.1) is 6.04 Å². The van der Waals surface area contributed by atoms with Gasteiger partial charge in [-0.2, -0.15) is 0 Å². The lowest BCUT2D eigenvalue weighted by molar-refractivity contribution is -0.143. The number of nitrogens with zero attached hydrogens (tertiary/aromatic N) is 1. The molecule has 0 bridgehead atoms. The van der Waals surface area contributed by atoms with Crippen molar-refractivity contribution in [3.8, 4) is 0 Å². The summed E-state index contributed by atoms with van der Waals surface area (Å²) in [4.78, 5) is 66.2. The molecular weight excluding hydrogens is 460 g/mol. The van der Waals surface area contributed by atoms with E-state index in [1.165, 1.54) is 4.90 Å². The second-order valence-corrected chi connectivity index (χ2v) is 12.2. The first-order chi connectivity index (χ1) is 16.5. The lowest BCUT2D eigenvalue weighted by Crippen LogP contribution is -2.57. The molecule has 0 aliphatic carbocycles. The van der Waals surface area contributed by atoms with Crippen LogP contribution < -0.4 is 5.32 Å². The highest BCUT2D eigenvalue weighted by Gasteiger charge is 2.43. The molecule has 0 radical (unpaired) electrons. The van der Waals surface area contributed by atoms with Crippen molar-refractivity contribution in [2.75, 3.05) is 6.54 Å². The number of hydrogen-bond acceptors (Lipinski definition) is 6. The Hall–Kier alpha value is -2.51. The molecule has 0 aromatic carbocycles. The van der Waals surface area contributed by atoms with Gasteiger partial charge in [-0.05, 0) is 57.8 Å². The van der Waals surface area contributed by atoms with Crippen LogP contribution in [0.5, 0.6) is 0 Å². The fourth-order valence-electron chi connectivity index (χ4n) is 4.42. The number of hydrogen-bond donors (Lipinski definition) is 1. The largest absolute Gasteiger partial charge is 0.444 e. The Balaban J connectivity index is 3.07. The van der Waals surface area contributed by atoms with Gasteiger partial charge in [-0.3, -0.25) is 19.2 Å². The number of carbonyl (C=O) groups is 5. The minimum absolute atomic E-state index is 0.0784. The molecular formula is C28H46N2O6. The van der Waals surface area contributed by atoms with Gasteiger partial charge in [0.1, 0.15) is 11.6 Å². The lowest BCUT2D eigenvalue weighted by Gasteiger charge is -2.36. The zero-order valence-corrected chi connectivity index (χ0v) is 23.4. The fraction of sp³-hybridized carbons (Fsp3) is 0.750. The molecule has 1 aliphatic rings. The van der Waals surface area contributed by atoms with Crippen LogP contribution in [0.2, 0.25) is 0 Å². The van der Waals surface area contributed by atoms with Gasteiger partial charge in [0.25, 0.3) is 0 Å². The number of allylic oxidation sites excluding steroid dienone is 1. The molecule has 0 saturated carbocycles. The fourth-order valence-corrected chi connectivity index (χ4v) is 4.42. The third-order valence-electron chi connectivity index (χ3n) is 6.11. The van der Waals surface area contributed by atoms with Gasteiger partial charge in [0.15, 0.2) is 11.6 Å². The average Bonchev–Trinajstić information content (AvgIpc) is 3.22. The summed E-state index contributed by atoms with van der Waals surface area (Å²) in [6, 6.07) is -1.58. The van der Waals surface area contributed by atoms with Crippen LogP contribution in [0.25, 0.3) is 0 Å². The molecule has 2 amide bonds. The van der Waals surface area contributed by atoms with Crippen LogP contribution >= 0.6 is 0 Å². The average molecular weight is 507 g/mol. The van der Waals surface area contributed by atoms with Crippen molar-refractivity contribution < 1.29 is 28.7 Å². The highest BCUT2D eigenvalue weighted by molar-refractivity contribution is 6.38. The van der Waals surface area contributed by atoms with Crippen LogP contribution in [0.15, 0.2) is 12.7 Å². The number of ether oxygens (including phenoxy) is 1. The first-order valence-electron chi connectivity index (χ1n) is 13.0. The van der Waals surface area contributed by atoms with Crippen molar-refractivity contribution in [1.82, 2.24) is 10.2 Å². The third-order valence-corrected chi connectivity index (χ3v) is 6.11. The van der Waals surface area contributed by atoms with Crippen LogP contribution in [-0.2, 0) is 23.9 Å². The van der Waals surface area contributed by atoms with Crippen LogP contribution in [0.3, 0.4) is 0 Å². The summed E-state index contributed by atoms with van der Waals surface area (Å²) in [5.41, 5.74) is -1.35. The monoisotopic (exact) mass is 506 g/mol. The van der Waals surface area contributed by atoms with Gasteiger partial charge >= 0.3 is 6.09 Å². The summed E-state index contributed by atoms with van der Waals surface area (Å²) >= 11 is 0. The van der Waals surface area contributed by atoms with E-state index in [0.29, 0.717) is 32.2 Å². The zero-order valence-electron chi connectivity index (χ0n) is 23.4. The highest BCUT2D eigenvalue weighted by Crippen LogP contribution is 2.29. The molecule has 3 atom stereocenters. The van der Waals surface area contributed by atoms with E-state index >= 15 is 0 Å². The van der Waals surface area contributed by atoms with Crippen molar-refractivity contribution >= 4 is 29.4 Å². The molecule has 8 heteroatoms. The molecule has 36 heavy (non-hydrogen) atoms. The number of ketones is 3. The number of carbonyl (C=O) groups excluding carboxylic acids is 5. The minimum atomic E-state index is -0.894. The molecule has 1 aliphatic heterocycles. The van der Waals surface area contributed by atoms with E-state index in [-0.39, 0.29) is 30.4 Å². The Morgan fingerprint density at radius 1 is 1.08 bits per heavy atom. The van der Waals surface area contributed by atoms with E-state index in [9.17, 15) is 24.0 Å². The van der Waals surface area contributed by atoms with E-state index in [2.05, 4.69) is 11.9 Å². The molecule has 1 N–H and O–H groups in total. The Labute approximate surface area is 216 Å².